The molecule has 14 heavy (non-hydrogen) atoms. The molecule has 82 valence electrons. The summed E-state index contributed by atoms with van der Waals surface area (Å²) in [5.41, 5.74) is 0. The number of rotatable bonds is 3. The van der Waals surface area contributed by atoms with Gasteiger partial charge in [-0.25, -0.2) is 4.79 Å². The van der Waals surface area contributed by atoms with Crippen LogP contribution in [-0.2, 0) is 9.47 Å². The van der Waals surface area contributed by atoms with Crippen LogP contribution < -0.4 is 0 Å². The van der Waals surface area contributed by atoms with Crippen LogP contribution in [0, 0.1) is 5.92 Å². The molecule has 3 heteroatoms. The van der Waals surface area contributed by atoms with E-state index in [1.54, 1.807) is 6.92 Å². The van der Waals surface area contributed by atoms with Gasteiger partial charge in [-0.15, -0.1) is 0 Å². The third-order valence-electron chi connectivity index (χ3n) is 2.90. The highest BCUT2D eigenvalue weighted by atomic mass is 16.7. The van der Waals surface area contributed by atoms with Gasteiger partial charge in [-0.2, -0.15) is 0 Å². The summed E-state index contributed by atoms with van der Waals surface area (Å²) in [4.78, 5) is 11.0. The molecule has 0 atom stereocenters. The Morgan fingerprint density at radius 3 is 2.36 bits per heavy atom. The van der Waals surface area contributed by atoms with Gasteiger partial charge in [-0.05, 0) is 38.5 Å². The number of ether oxygens (including phenoxy) is 2. The summed E-state index contributed by atoms with van der Waals surface area (Å²) in [5.74, 6) is 0.831. The van der Waals surface area contributed by atoms with Gasteiger partial charge in [0.25, 0.3) is 0 Å². The molecule has 1 saturated carbocycles. The molecule has 1 aliphatic carbocycles. The Labute approximate surface area is 85.8 Å². The van der Waals surface area contributed by atoms with Crippen LogP contribution in [0.3, 0.4) is 0 Å². The zero-order valence-electron chi connectivity index (χ0n) is 9.12. The van der Waals surface area contributed by atoms with Crippen molar-refractivity contribution >= 4 is 6.16 Å². The molecule has 1 aliphatic rings. The van der Waals surface area contributed by atoms with Crippen LogP contribution in [0.15, 0.2) is 0 Å². The minimum atomic E-state index is -0.507. The number of hydrogen-bond donors (Lipinski definition) is 0. The van der Waals surface area contributed by atoms with Crippen molar-refractivity contribution in [1.29, 1.82) is 0 Å². The van der Waals surface area contributed by atoms with Crippen LogP contribution in [0.5, 0.6) is 0 Å². The normalized spacial score (nSPS) is 27.0. The maximum Gasteiger partial charge on any atom is 0.508 e. The monoisotopic (exact) mass is 200 g/mol. The van der Waals surface area contributed by atoms with Crippen molar-refractivity contribution in [3.8, 4) is 0 Å². The van der Waals surface area contributed by atoms with Crippen LogP contribution in [0.1, 0.15) is 46.0 Å². The van der Waals surface area contributed by atoms with Crippen molar-refractivity contribution in [2.24, 2.45) is 5.92 Å². The van der Waals surface area contributed by atoms with Gasteiger partial charge in [0.05, 0.1) is 6.61 Å². The first-order chi connectivity index (χ1) is 6.76. The molecule has 0 spiro atoms. The fraction of sp³-hybridized carbons (Fsp3) is 0.909. The summed E-state index contributed by atoms with van der Waals surface area (Å²) in [7, 11) is 0. The molecule has 1 fully saturated rings. The second kappa shape index (κ2) is 5.89. The van der Waals surface area contributed by atoms with E-state index < -0.39 is 6.16 Å². The number of hydrogen-bond acceptors (Lipinski definition) is 3. The zero-order chi connectivity index (χ0) is 10.4. The third-order valence-corrected chi connectivity index (χ3v) is 2.90. The molecule has 0 unspecified atom stereocenters. The Kier molecular flexibility index (Phi) is 4.77. The first-order valence-electron chi connectivity index (χ1n) is 5.59. The Hall–Kier alpha value is -0.730. The second-order valence-corrected chi connectivity index (χ2v) is 3.85. The van der Waals surface area contributed by atoms with Gasteiger partial charge in [0, 0.05) is 0 Å². The van der Waals surface area contributed by atoms with Crippen LogP contribution in [0.4, 0.5) is 4.79 Å². The molecule has 0 aromatic heterocycles. The van der Waals surface area contributed by atoms with E-state index in [4.69, 9.17) is 9.47 Å². The summed E-state index contributed by atoms with van der Waals surface area (Å²) in [5, 5.41) is 0. The topological polar surface area (TPSA) is 35.5 Å². The average molecular weight is 200 g/mol. The Morgan fingerprint density at radius 1 is 1.21 bits per heavy atom. The molecule has 0 aromatic rings. The van der Waals surface area contributed by atoms with Gasteiger partial charge in [-0.3, -0.25) is 0 Å². The van der Waals surface area contributed by atoms with Gasteiger partial charge < -0.3 is 9.47 Å². The fourth-order valence-electron chi connectivity index (χ4n) is 1.95. The lowest BCUT2D eigenvalue weighted by atomic mass is 9.86. The molecule has 0 saturated heterocycles. The third kappa shape index (κ3) is 3.56. The number of carbonyl (C=O) groups is 1. The standard InChI is InChI=1S/C11H20O3/c1-3-9-5-7-10(8-6-9)14-11(12)13-4-2/h9-10H,3-8H2,1-2H3. The minimum absolute atomic E-state index is 0.0943. The first-order valence-corrected chi connectivity index (χ1v) is 5.59. The fourth-order valence-corrected chi connectivity index (χ4v) is 1.95. The molecule has 0 amide bonds. The predicted molar refractivity (Wildman–Crippen MR) is 54.1 cm³/mol. The van der Waals surface area contributed by atoms with Crippen molar-refractivity contribution < 1.29 is 14.3 Å². The van der Waals surface area contributed by atoms with Crippen molar-refractivity contribution in [2.75, 3.05) is 6.61 Å². The van der Waals surface area contributed by atoms with E-state index >= 15 is 0 Å². The first kappa shape index (κ1) is 11.3. The van der Waals surface area contributed by atoms with Crippen molar-refractivity contribution in [1.82, 2.24) is 0 Å². The maximum absolute atomic E-state index is 11.0. The summed E-state index contributed by atoms with van der Waals surface area (Å²) < 4.78 is 9.90. The van der Waals surface area contributed by atoms with Gasteiger partial charge in [-0.1, -0.05) is 13.3 Å². The lowest BCUT2D eigenvalue weighted by Crippen LogP contribution is -2.24. The lowest BCUT2D eigenvalue weighted by molar-refractivity contribution is 0.00789. The van der Waals surface area contributed by atoms with E-state index in [9.17, 15) is 4.79 Å². The SMILES string of the molecule is CCOC(=O)OC1CCC(CC)CC1. The van der Waals surface area contributed by atoms with E-state index in [1.807, 2.05) is 0 Å². The zero-order valence-corrected chi connectivity index (χ0v) is 9.12. The van der Waals surface area contributed by atoms with Crippen LogP contribution in [0.25, 0.3) is 0 Å². The van der Waals surface area contributed by atoms with Gasteiger partial charge in [0.1, 0.15) is 6.10 Å². The molecular weight excluding hydrogens is 180 g/mol. The Morgan fingerprint density at radius 2 is 1.86 bits per heavy atom. The molecular formula is C11H20O3. The molecule has 1 rings (SSSR count). The van der Waals surface area contributed by atoms with Crippen LogP contribution in [0.2, 0.25) is 0 Å². The predicted octanol–water partition coefficient (Wildman–Crippen LogP) is 3.13. The van der Waals surface area contributed by atoms with Crippen molar-refractivity contribution in [2.45, 2.75) is 52.1 Å². The van der Waals surface area contributed by atoms with Gasteiger partial charge in [0.2, 0.25) is 0 Å². The Bertz CT molecular complexity index is 171. The summed E-state index contributed by atoms with van der Waals surface area (Å²) in [6, 6.07) is 0. The minimum Gasteiger partial charge on any atom is -0.435 e. The van der Waals surface area contributed by atoms with Crippen molar-refractivity contribution in [3.63, 3.8) is 0 Å². The second-order valence-electron chi connectivity index (χ2n) is 3.85. The lowest BCUT2D eigenvalue weighted by Gasteiger charge is -2.27. The molecule has 0 aromatic carbocycles. The summed E-state index contributed by atoms with van der Waals surface area (Å²) in [6.45, 7) is 4.40. The molecule has 0 heterocycles. The largest absolute Gasteiger partial charge is 0.508 e. The van der Waals surface area contributed by atoms with E-state index in [1.165, 1.54) is 19.3 Å². The van der Waals surface area contributed by atoms with Crippen LogP contribution >= 0.6 is 0 Å². The molecule has 3 nitrogen and oxygen atoms in total. The molecule has 0 radical (unpaired) electrons. The average Bonchev–Trinajstić information content (AvgIpc) is 2.19. The molecule has 0 bridgehead atoms. The smallest absolute Gasteiger partial charge is 0.435 e. The summed E-state index contributed by atoms with van der Waals surface area (Å²) in [6.07, 6.45) is 5.19. The maximum atomic E-state index is 11.0. The van der Waals surface area contributed by atoms with E-state index in [0.29, 0.717) is 6.61 Å². The quantitative estimate of drug-likeness (QED) is 0.656. The molecule has 0 N–H and O–H groups in total. The van der Waals surface area contributed by atoms with E-state index in [-0.39, 0.29) is 6.10 Å². The van der Waals surface area contributed by atoms with E-state index in [0.717, 1.165) is 18.8 Å². The highest BCUT2D eigenvalue weighted by molar-refractivity contribution is 5.60. The highest BCUT2D eigenvalue weighted by Crippen LogP contribution is 2.28. The van der Waals surface area contributed by atoms with Crippen LogP contribution in [-0.4, -0.2) is 18.9 Å². The van der Waals surface area contributed by atoms with Gasteiger partial charge >= 0.3 is 6.16 Å². The summed E-state index contributed by atoms with van der Waals surface area (Å²) >= 11 is 0. The van der Waals surface area contributed by atoms with E-state index in [2.05, 4.69) is 6.92 Å². The van der Waals surface area contributed by atoms with Gasteiger partial charge in [0.15, 0.2) is 0 Å². The Balaban J connectivity index is 2.18. The highest BCUT2D eigenvalue weighted by Gasteiger charge is 2.23. The molecule has 0 aliphatic heterocycles. The van der Waals surface area contributed by atoms with Crippen molar-refractivity contribution in [3.05, 3.63) is 0 Å². The number of carbonyl (C=O) groups excluding carboxylic acids is 1.